The zero-order valence-corrected chi connectivity index (χ0v) is 18.8. The van der Waals surface area contributed by atoms with Crippen LogP contribution >= 0.6 is 0 Å². The first kappa shape index (κ1) is 22.3. The van der Waals surface area contributed by atoms with Crippen LogP contribution in [-0.2, 0) is 0 Å². The Bertz CT molecular complexity index is 998. The van der Waals surface area contributed by atoms with E-state index in [0.717, 1.165) is 38.2 Å². The largest absolute Gasteiger partial charge is 0.492 e. The van der Waals surface area contributed by atoms with Crippen LogP contribution in [0.3, 0.4) is 0 Å². The average Bonchev–Trinajstić information content (AvgIpc) is 3.32. The van der Waals surface area contributed by atoms with Crippen molar-refractivity contribution in [2.45, 2.75) is 19.8 Å². The zero-order chi connectivity index (χ0) is 22.2. The number of allylic oxidation sites excluding steroid dienone is 1. The first-order valence-corrected chi connectivity index (χ1v) is 11.6. The summed E-state index contributed by atoms with van der Waals surface area (Å²) in [5, 5.41) is 0. The third-order valence-corrected chi connectivity index (χ3v) is 6.25. The Hall–Kier alpha value is -2.91. The predicted octanol–water partition coefficient (Wildman–Crippen LogP) is 6.73. The first-order chi connectivity index (χ1) is 15.8. The van der Waals surface area contributed by atoms with Gasteiger partial charge in [-0.05, 0) is 59.4 Å². The summed E-state index contributed by atoms with van der Waals surface area (Å²) in [6.07, 6.45) is 1.91. The molecular weight excluding hydrogens is 397 g/mol. The van der Waals surface area contributed by atoms with Crippen molar-refractivity contribution in [1.29, 1.82) is 0 Å². The fourth-order valence-corrected chi connectivity index (χ4v) is 4.54. The Morgan fingerprint density at radius 1 is 0.875 bits per heavy atom. The van der Waals surface area contributed by atoms with E-state index in [4.69, 9.17) is 4.74 Å². The van der Waals surface area contributed by atoms with E-state index in [1.807, 2.05) is 0 Å². The second-order valence-electron chi connectivity index (χ2n) is 8.42. The van der Waals surface area contributed by atoms with Gasteiger partial charge in [0.25, 0.3) is 0 Å². The number of alkyl halides is 1. The standard InChI is InChI=1S/C29H32FNO/c1-2-28(24-9-5-3-6-10-24)29(25-11-7-4-8-12-25)26-13-15-27(16-14-26)32-20-19-31-18-17-23(21-30)22-31/h3-16,23H,2,17-22H2,1H3/b29-28+/t23-/m1/s1. The molecule has 0 bridgehead atoms. The van der Waals surface area contributed by atoms with Crippen LogP contribution in [0.5, 0.6) is 5.75 Å². The Balaban J connectivity index is 1.53. The van der Waals surface area contributed by atoms with E-state index in [-0.39, 0.29) is 12.6 Å². The molecule has 1 heterocycles. The highest BCUT2D eigenvalue weighted by Crippen LogP contribution is 2.34. The second kappa shape index (κ2) is 11.1. The van der Waals surface area contributed by atoms with Crippen molar-refractivity contribution in [3.63, 3.8) is 0 Å². The molecule has 1 aliphatic rings. The molecule has 3 aromatic rings. The SMILES string of the molecule is CC/C(=C(/c1ccccc1)c1ccc(OCCN2CC[C@H](CF)C2)cc1)c1ccccc1. The molecule has 0 radical (unpaired) electrons. The molecule has 1 aliphatic heterocycles. The summed E-state index contributed by atoms with van der Waals surface area (Å²) in [5.41, 5.74) is 6.27. The summed E-state index contributed by atoms with van der Waals surface area (Å²) < 4.78 is 18.8. The molecule has 0 spiro atoms. The number of likely N-dealkylation sites (tertiary alicyclic amines) is 1. The van der Waals surface area contributed by atoms with E-state index in [0.29, 0.717) is 6.61 Å². The molecule has 1 atom stereocenters. The van der Waals surface area contributed by atoms with Gasteiger partial charge in [-0.25, -0.2) is 0 Å². The molecule has 0 aliphatic carbocycles. The molecule has 0 N–H and O–H groups in total. The summed E-state index contributed by atoms with van der Waals surface area (Å²) in [6, 6.07) is 29.7. The van der Waals surface area contributed by atoms with Crippen molar-refractivity contribution in [2.24, 2.45) is 5.92 Å². The number of nitrogens with zero attached hydrogens (tertiary/aromatic N) is 1. The lowest BCUT2D eigenvalue weighted by Gasteiger charge is -2.18. The van der Waals surface area contributed by atoms with Crippen molar-refractivity contribution in [3.8, 4) is 5.75 Å². The highest BCUT2D eigenvalue weighted by atomic mass is 19.1. The molecule has 3 aromatic carbocycles. The van der Waals surface area contributed by atoms with Crippen LogP contribution in [0.2, 0.25) is 0 Å². The third kappa shape index (κ3) is 5.46. The monoisotopic (exact) mass is 429 g/mol. The van der Waals surface area contributed by atoms with Gasteiger partial charge in [-0.1, -0.05) is 79.7 Å². The topological polar surface area (TPSA) is 12.5 Å². The summed E-state index contributed by atoms with van der Waals surface area (Å²) in [7, 11) is 0. The maximum atomic E-state index is 12.8. The first-order valence-electron chi connectivity index (χ1n) is 11.6. The Morgan fingerprint density at radius 3 is 2.09 bits per heavy atom. The van der Waals surface area contributed by atoms with Gasteiger partial charge in [-0.3, -0.25) is 9.29 Å². The number of hydrogen-bond acceptors (Lipinski definition) is 2. The summed E-state index contributed by atoms with van der Waals surface area (Å²) >= 11 is 0. The molecule has 32 heavy (non-hydrogen) atoms. The van der Waals surface area contributed by atoms with Crippen LogP contribution in [0.25, 0.3) is 11.1 Å². The third-order valence-electron chi connectivity index (χ3n) is 6.25. The number of rotatable bonds is 9. The molecule has 0 saturated carbocycles. The Labute approximate surface area is 191 Å². The predicted molar refractivity (Wildman–Crippen MR) is 132 cm³/mol. The fourth-order valence-electron chi connectivity index (χ4n) is 4.54. The minimum absolute atomic E-state index is 0.204. The molecule has 2 nitrogen and oxygen atoms in total. The van der Waals surface area contributed by atoms with Gasteiger partial charge in [0.2, 0.25) is 0 Å². The van der Waals surface area contributed by atoms with E-state index >= 15 is 0 Å². The minimum atomic E-state index is -0.210. The van der Waals surface area contributed by atoms with Gasteiger partial charge in [0, 0.05) is 19.0 Å². The number of ether oxygens (including phenoxy) is 1. The lowest BCUT2D eigenvalue weighted by Crippen LogP contribution is -2.26. The van der Waals surface area contributed by atoms with Crippen LogP contribution in [0.4, 0.5) is 4.39 Å². The lowest BCUT2D eigenvalue weighted by molar-refractivity contribution is 0.228. The zero-order valence-electron chi connectivity index (χ0n) is 18.8. The molecule has 0 unspecified atom stereocenters. The van der Waals surface area contributed by atoms with Crippen molar-refractivity contribution >= 4 is 11.1 Å². The van der Waals surface area contributed by atoms with Crippen LogP contribution in [-0.4, -0.2) is 37.8 Å². The highest BCUT2D eigenvalue weighted by Gasteiger charge is 2.21. The van der Waals surface area contributed by atoms with Crippen LogP contribution in [0.15, 0.2) is 84.9 Å². The van der Waals surface area contributed by atoms with Gasteiger partial charge in [-0.2, -0.15) is 0 Å². The minimum Gasteiger partial charge on any atom is -0.492 e. The van der Waals surface area contributed by atoms with Crippen LogP contribution in [0.1, 0.15) is 36.5 Å². The van der Waals surface area contributed by atoms with Gasteiger partial charge < -0.3 is 4.74 Å². The van der Waals surface area contributed by atoms with Crippen LogP contribution < -0.4 is 4.74 Å². The lowest BCUT2D eigenvalue weighted by atomic mass is 9.88. The van der Waals surface area contributed by atoms with Gasteiger partial charge in [0.05, 0.1) is 6.67 Å². The van der Waals surface area contributed by atoms with Crippen molar-refractivity contribution in [2.75, 3.05) is 32.9 Å². The summed E-state index contributed by atoms with van der Waals surface area (Å²) in [5.74, 6) is 1.08. The van der Waals surface area contributed by atoms with E-state index in [2.05, 4.69) is 96.8 Å². The number of halogens is 1. The molecule has 1 fully saturated rings. The number of benzene rings is 3. The highest BCUT2D eigenvalue weighted by molar-refractivity contribution is 5.98. The molecule has 1 saturated heterocycles. The van der Waals surface area contributed by atoms with Gasteiger partial charge in [0.1, 0.15) is 12.4 Å². The maximum absolute atomic E-state index is 12.8. The summed E-state index contributed by atoms with van der Waals surface area (Å²) in [6.45, 7) is 5.31. The molecule has 0 aromatic heterocycles. The fraction of sp³-hybridized carbons (Fsp3) is 0.310. The van der Waals surface area contributed by atoms with Crippen molar-refractivity contribution < 1.29 is 9.13 Å². The normalized spacial score (nSPS) is 17.2. The molecule has 4 rings (SSSR count). The quantitative estimate of drug-likeness (QED) is 0.350. The van der Waals surface area contributed by atoms with Crippen LogP contribution in [0, 0.1) is 5.92 Å². The molecule has 3 heteroatoms. The van der Waals surface area contributed by atoms with E-state index in [9.17, 15) is 4.39 Å². The Morgan fingerprint density at radius 2 is 1.50 bits per heavy atom. The Kier molecular flexibility index (Phi) is 7.73. The smallest absolute Gasteiger partial charge is 0.119 e. The molecule has 0 amide bonds. The molecule has 166 valence electrons. The van der Waals surface area contributed by atoms with Gasteiger partial charge in [0.15, 0.2) is 0 Å². The van der Waals surface area contributed by atoms with Gasteiger partial charge in [-0.15, -0.1) is 0 Å². The van der Waals surface area contributed by atoms with E-state index in [1.54, 1.807) is 0 Å². The maximum Gasteiger partial charge on any atom is 0.119 e. The summed E-state index contributed by atoms with van der Waals surface area (Å²) in [4.78, 5) is 2.29. The van der Waals surface area contributed by atoms with Gasteiger partial charge >= 0.3 is 0 Å². The van der Waals surface area contributed by atoms with E-state index in [1.165, 1.54) is 27.8 Å². The average molecular weight is 430 g/mol. The van der Waals surface area contributed by atoms with E-state index < -0.39 is 0 Å². The second-order valence-corrected chi connectivity index (χ2v) is 8.42. The van der Waals surface area contributed by atoms with Crippen molar-refractivity contribution in [3.05, 3.63) is 102 Å². The van der Waals surface area contributed by atoms with Crippen molar-refractivity contribution in [1.82, 2.24) is 4.90 Å². The molecular formula is C29H32FNO. The number of hydrogen-bond donors (Lipinski definition) is 0.